The van der Waals surface area contributed by atoms with Gasteiger partial charge in [0.05, 0.1) is 16.4 Å². The number of aryl methyl sites for hydroxylation is 1. The monoisotopic (exact) mass is 619 g/mol. The minimum atomic E-state index is -0.191. The highest BCUT2D eigenvalue weighted by molar-refractivity contribution is 6.33. The number of nitrogens with one attached hydrogen (secondary N) is 1. The summed E-state index contributed by atoms with van der Waals surface area (Å²) in [5, 5.41) is 8.63. The molecule has 1 aromatic heterocycles. The van der Waals surface area contributed by atoms with Crippen molar-refractivity contribution in [1.82, 2.24) is 14.9 Å². The van der Waals surface area contributed by atoms with Crippen LogP contribution in [0.5, 0.6) is 0 Å². The number of amides is 1. The molecule has 0 aliphatic heterocycles. The van der Waals surface area contributed by atoms with Gasteiger partial charge in [0.1, 0.15) is 18.1 Å². The molecule has 0 bridgehead atoms. The molecule has 3 aromatic carbocycles. The number of nitrogens with two attached hydrogens (primary N) is 1. The molecule has 3 N–H and O–H groups in total. The number of benzene rings is 3. The molecule has 0 aliphatic rings. The Morgan fingerprint density at radius 3 is 2.40 bits per heavy atom. The summed E-state index contributed by atoms with van der Waals surface area (Å²) in [5.74, 6) is 0.431. The number of aromatic nitrogens is 2. The van der Waals surface area contributed by atoms with Gasteiger partial charge in [0.2, 0.25) is 0 Å². The van der Waals surface area contributed by atoms with E-state index in [-0.39, 0.29) is 5.91 Å². The lowest BCUT2D eigenvalue weighted by Gasteiger charge is -2.13. The number of nitrogens with zero attached hydrogens (tertiary/aromatic N) is 3. The van der Waals surface area contributed by atoms with Crippen molar-refractivity contribution in [2.75, 3.05) is 19.7 Å². The van der Waals surface area contributed by atoms with E-state index < -0.39 is 0 Å². The van der Waals surface area contributed by atoms with Crippen LogP contribution in [0, 0.1) is 6.92 Å². The summed E-state index contributed by atoms with van der Waals surface area (Å²) in [6.07, 6.45) is 5.26. The van der Waals surface area contributed by atoms with Crippen molar-refractivity contribution in [1.29, 1.82) is 0 Å². The molecule has 226 valence electrons. The SMILES string of the molecule is CCc1c(C(=O)NCCCCCC/C(=N/OCCN)c2ccc(C)cc2)nc(-c2ccccc2Cl)n1-c1ccc(Cl)cc1. The largest absolute Gasteiger partial charge is 0.394 e. The zero-order valence-electron chi connectivity index (χ0n) is 24.8. The van der Waals surface area contributed by atoms with E-state index in [4.69, 9.17) is 38.8 Å². The van der Waals surface area contributed by atoms with Crippen LogP contribution in [-0.4, -0.2) is 40.9 Å². The first-order valence-electron chi connectivity index (χ1n) is 14.8. The van der Waals surface area contributed by atoms with Crippen molar-refractivity contribution in [3.8, 4) is 17.1 Å². The molecule has 0 saturated carbocycles. The topological polar surface area (TPSA) is 94.5 Å². The lowest BCUT2D eigenvalue weighted by molar-refractivity contribution is 0.0947. The van der Waals surface area contributed by atoms with Crippen molar-refractivity contribution >= 4 is 34.8 Å². The van der Waals surface area contributed by atoms with E-state index in [9.17, 15) is 4.79 Å². The molecule has 0 unspecified atom stereocenters. The number of rotatable bonds is 15. The molecule has 4 aromatic rings. The predicted octanol–water partition coefficient (Wildman–Crippen LogP) is 7.78. The lowest BCUT2D eigenvalue weighted by Crippen LogP contribution is -2.26. The van der Waals surface area contributed by atoms with E-state index in [0.29, 0.717) is 47.7 Å². The van der Waals surface area contributed by atoms with E-state index in [1.807, 2.05) is 60.0 Å². The van der Waals surface area contributed by atoms with Gasteiger partial charge in [-0.25, -0.2) is 4.98 Å². The molecule has 1 heterocycles. The predicted molar refractivity (Wildman–Crippen MR) is 177 cm³/mol. The summed E-state index contributed by atoms with van der Waals surface area (Å²) < 4.78 is 2.00. The van der Waals surface area contributed by atoms with Gasteiger partial charge in [0.15, 0.2) is 0 Å². The second kappa shape index (κ2) is 16.3. The van der Waals surface area contributed by atoms with Gasteiger partial charge in [-0.2, -0.15) is 0 Å². The summed E-state index contributed by atoms with van der Waals surface area (Å²) in [5.41, 5.74) is 11.6. The number of imidazole rings is 1. The van der Waals surface area contributed by atoms with E-state index in [1.54, 1.807) is 0 Å². The van der Waals surface area contributed by atoms with Crippen molar-refractivity contribution in [3.05, 3.63) is 105 Å². The first-order chi connectivity index (χ1) is 20.9. The Balaban J connectivity index is 1.38. The fraction of sp³-hybridized carbons (Fsp3) is 0.324. The molecule has 0 aliphatic carbocycles. The maximum atomic E-state index is 13.4. The quantitative estimate of drug-likeness (QED) is 0.0807. The molecular formula is C34H39Cl2N5O2. The highest BCUT2D eigenvalue weighted by Crippen LogP contribution is 2.32. The average molecular weight is 621 g/mol. The Morgan fingerprint density at radius 1 is 0.977 bits per heavy atom. The van der Waals surface area contributed by atoms with E-state index in [1.165, 1.54) is 5.56 Å². The summed E-state index contributed by atoms with van der Waals surface area (Å²) in [6, 6.07) is 23.3. The smallest absolute Gasteiger partial charge is 0.271 e. The molecule has 1 amide bonds. The summed E-state index contributed by atoms with van der Waals surface area (Å²) in [7, 11) is 0. The number of oxime groups is 1. The number of halogens is 2. The van der Waals surface area contributed by atoms with Crippen LogP contribution in [0.2, 0.25) is 10.0 Å². The second-order valence-electron chi connectivity index (χ2n) is 10.3. The summed E-state index contributed by atoms with van der Waals surface area (Å²) >= 11 is 12.7. The van der Waals surface area contributed by atoms with Gasteiger partial charge in [-0.1, -0.05) is 90.1 Å². The van der Waals surface area contributed by atoms with Crippen LogP contribution in [-0.2, 0) is 11.3 Å². The normalized spacial score (nSPS) is 11.5. The van der Waals surface area contributed by atoms with Crippen molar-refractivity contribution in [2.45, 2.75) is 52.4 Å². The highest BCUT2D eigenvalue weighted by atomic mass is 35.5. The van der Waals surface area contributed by atoms with E-state index >= 15 is 0 Å². The Morgan fingerprint density at radius 2 is 1.70 bits per heavy atom. The molecule has 0 radical (unpaired) electrons. The molecular weight excluding hydrogens is 581 g/mol. The maximum Gasteiger partial charge on any atom is 0.271 e. The van der Waals surface area contributed by atoms with Gasteiger partial charge < -0.3 is 15.9 Å². The van der Waals surface area contributed by atoms with Gasteiger partial charge in [-0.05, 0) is 74.6 Å². The zero-order chi connectivity index (χ0) is 30.6. The first kappa shape index (κ1) is 32.3. The summed E-state index contributed by atoms with van der Waals surface area (Å²) in [4.78, 5) is 23.6. The minimum absolute atomic E-state index is 0.191. The number of unbranched alkanes of at least 4 members (excludes halogenated alkanes) is 3. The third-order valence-corrected chi connectivity index (χ3v) is 7.70. The van der Waals surface area contributed by atoms with Gasteiger partial charge in [-0.15, -0.1) is 0 Å². The van der Waals surface area contributed by atoms with Crippen LogP contribution in [0.4, 0.5) is 0 Å². The lowest BCUT2D eigenvalue weighted by atomic mass is 10.0. The first-order valence-corrected chi connectivity index (χ1v) is 15.5. The van der Waals surface area contributed by atoms with Crippen LogP contribution in [0.3, 0.4) is 0 Å². The zero-order valence-corrected chi connectivity index (χ0v) is 26.3. The van der Waals surface area contributed by atoms with Crippen LogP contribution in [0.15, 0.2) is 78.0 Å². The van der Waals surface area contributed by atoms with Gasteiger partial charge in [-0.3, -0.25) is 9.36 Å². The van der Waals surface area contributed by atoms with Crippen molar-refractivity contribution in [2.24, 2.45) is 10.9 Å². The fourth-order valence-electron chi connectivity index (χ4n) is 4.87. The van der Waals surface area contributed by atoms with Crippen molar-refractivity contribution < 1.29 is 9.63 Å². The third-order valence-electron chi connectivity index (χ3n) is 7.12. The Labute approximate surface area is 264 Å². The summed E-state index contributed by atoms with van der Waals surface area (Å²) in [6.45, 7) is 5.48. The van der Waals surface area contributed by atoms with Crippen molar-refractivity contribution in [3.63, 3.8) is 0 Å². The van der Waals surface area contributed by atoms with Gasteiger partial charge in [0, 0.05) is 29.4 Å². The average Bonchev–Trinajstić information content (AvgIpc) is 3.40. The standard InChI is InChI=1S/C34H39Cl2N5O2/c1-3-31-32(39-33(28-10-7-8-11-29(28)36)41(31)27-19-17-26(35)18-20-27)34(42)38-22-9-5-4-6-12-30(40-43-23-21-37)25-15-13-24(2)14-16-25/h7-8,10-11,13-20H,3-6,9,12,21-23,37H2,1-2H3,(H,38,42)/b40-30-. The van der Waals surface area contributed by atoms with Crippen LogP contribution >= 0.6 is 23.2 Å². The molecule has 9 heteroatoms. The minimum Gasteiger partial charge on any atom is -0.394 e. The molecule has 4 rings (SSSR count). The maximum absolute atomic E-state index is 13.4. The molecule has 0 atom stereocenters. The molecule has 0 fully saturated rings. The molecule has 0 saturated heterocycles. The number of hydrogen-bond donors (Lipinski definition) is 2. The van der Waals surface area contributed by atoms with Gasteiger partial charge >= 0.3 is 0 Å². The third kappa shape index (κ3) is 8.69. The van der Waals surface area contributed by atoms with Crippen LogP contribution < -0.4 is 11.1 Å². The molecule has 43 heavy (non-hydrogen) atoms. The Bertz CT molecular complexity index is 1520. The second-order valence-corrected chi connectivity index (χ2v) is 11.2. The van der Waals surface area contributed by atoms with Crippen LogP contribution in [0.1, 0.15) is 66.3 Å². The van der Waals surface area contributed by atoms with E-state index in [2.05, 4.69) is 41.7 Å². The van der Waals surface area contributed by atoms with Crippen LogP contribution in [0.25, 0.3) is 17.1 Å². The van der Waals surface area contributed by atoms with E-state index in [0.717, 1.165) is 60.3 Å². The highest BCUT2D eigenvalue weighted by Gasteiger charge is 2.24. The van der Waals surface area contributed by atoms with Gasteiger partial charge in [0.25, 0.3) is 5.91 Å². The molecule has 7 nitrogen and oxygen atoms in total. The Kier molecular flexibility index (Phi) is 12.2. The Hall–Kier alpha value is -3.65. The molecule has 0 spiro atoms. The number of carbonyl (C=O) groups excluding carboxylic acids is 1. The number of carbonyl (C=O) groups is 1. The fourth-order valence-corrected chi connectivity index (χ4v) is 5.22. The number of hydrogen-bond acceptors (Lipinski definition) is 5.